The molecule has 0 bridgehead atoms. The van der Waals surface area contributed by atoms with Crippen molar-refractivity contribution >= 4 is 5.82 Å². The number of aromatic nitrogens is 2. The molecule has 1 aliphatic rings. The highest BCUT2D eigenvalue weighted by Gasteiger charge is 2.30. The van der Waals surface area contributed by atoms with Crippen LogP contribution in [0.25, 0.3) is 0 Å². The van der Waals surface area contributed by atoms with E-state index in [-0.39, 0.29) is 0 Å². The smallest absolute Gasteiger partial charge is 0.144 e. The van der Waals surface area contributed by atoms with Crippen molar-refractivity contribution in [3.05, 3.63) is 54.5 Å². The third-order valence-corrected chi connectivity index (χ3v) is 4.01. The van der Waals surface area contributed by atoms with Crippen LogP contribution in [0.3, 0.4) is 0 Å². The summed E-state index contributed by atoms with van der Waals surface area (Å²) in [6, 6.07) is 11.6. The molecule has 1 aliphatic heterocycles. The first-order valence-corrected chi connectivity index (χ1v) is 7.13. The lowest BCUT2D eigenvalue weighted by Gasteiger charge is -2.25. The predicted molar refractivity (Wildman–Crippen MR) is 80.4 cm³/mol. The third kappa shape index (κ3) is 2.96. The van der Waals surface area contributed by atoms with E-state index in [2.05, 4.69) is 57.4 Å². The molecule has 2 atom stereocenters. The fourth-order valence-electron chi connectivity index (χ4n) is 2.80. The summed E-state index contributed by atoms with van der Waals surface area (Å²) in [5, 5.41) is 3.49. The Hall–Kier alpha value is -1.94. The van der Waals surface area contributed by atoms with Gasteiger partial charge in [0, 0.05) is 37.6 Å². The summed E-state index contributed by atoms with van der Waals surface area (Å²) in [6.45, 7) is 4.42. The van der Waals surface area contributed by atoms with Gasteiger partial charge < -0.3 is 5.32 Å². The average molecular weight is 268 g/mol. The van der Waals surface area contributed by atoms with Gasteiger partial charge in [-0.25, -0.2) is 4.98 Å². The Labute approximate surface area is 119 Å². The van der Waals surface area contributed by atoms with Crippen molar-refractivity contribution in [2.45, 2.75) is 32.0 Å². The van der Waals surface area contributed by atoms with Gasteiger partial charge >= 0.3 is 0 Å². The molecule has 1 fully saturated rings. The Morgan fingerprint density at radius 2 is 2.10 bits per heavy atom. The zero-order valence-electron chi connectivity index (χ0n) is 11.7. The SMILES string of the molecule is CC1C(Nc2cnccn2)CCN1Cc1ccccc1. The van der Waals surface area contributed by atoms with E-state index in [0.29, 0.717) is 12.1 Å². The fourth-order valence-corrected chi connectivity index (χ4v) is 2.80. The van der Waals surface area contributed by atoms with Crippen LogP contribution in [-0.2, 0) is 6.54 Å². The molecule has 0 saturated carbocycles. The van der Waals surface area contributed by atoms with Gasteiger partial charge in [0.2, 0.25) is 0 Å². The average Bonchev–Trinajstić information content (AvgIpc) is 2.83. The molecule has 1 aromatic carbocycles. The van der Waals surface area contributed by atoms with Crippen molar-refractivity contribution in [3.8, 4) is 0 Å². The molecule has 20 heavy (non-hydrogen) atoms. The quantitative estimate of drug-likeness (QED) is 0.925. The molecule has 2 unspecified atom stereocenters. The van der Waals surface area contributed by atoms with E-state index in [9.17, 15) is 0 Å². The Balaban J connectivity index is 1.61. The van der Waals surface area contributed by atoms with Gasteiger partial charge in [-0.3, -0.25) is 9.88 Å². The van der Waals surface area contributed by atoms with Crippen molar-refractivity contribution in [2.75, 3.05) is 11.9 Å². The molecule has 3 rings (SSSR count). The molecule has 2 heterocycles. The van der Waals surface area contributed by atoms with Crippen molar-refractivity contribution < 1.29 is 0 Å². The summed E-state index contributed by atoms with van der Waals surface area (Å²) in [5.41, 5.74) is 1.37. The third-order valence-electron chi connectivity index (χ3n) is 4.01. The van der Waals surface area contributed by atoms with Gasteiger partial charge in [-0.1, -0.05) is 30.3 Å². The van der Waals surface area contributed by atoms with Gasteiger partial charge in [0.05, 0.1) is 6.20 Å². The minimum atomic E-state index is 0.440. The van der Waals surface area contributed by atoms with E-state index in [0.717, 1.165) is 25.3 Å². The van der Waals surface area contributed by atoms with Crippen molar-refractivity contribution in [2.24, 2.45) is 0 Å². The molecule has 1 saturated heterocycles. The van der Waals surface area contributed by atoms with Crippen LogP contribution in [-0.4, -0.2) is 33.5 Å². The van der Waals surface area contributed by atoms with E-state index >= 15 is 0 Å². The predicted octanol–water partition coefficient (Wildman–Crippen LogP) is 2.55. The second-order valence-electron chi connectivity index (χ2n) is 5.33. The van der Waals surface area contributed by atoms with Crippen LogP contribution in [0.4, 0.5) is 5.82 Å². The molecular formula is C16H20N4. The second-order valence-corrected chi connectivity index (χ2v) is 5.33. The molecule has 1 aromatic heterocycles. The summed E-state index contributed by atoms with van der Waals surface area (Å²) in [5.74, 6) is 0.867. The lowest BCUT2D eigenvalue weighted by Crippen LogP contribution is -2.35. The van der Waals surface area contributed by atoms with Crippen molar-refractivity contribution in [1.29, 1.82) is 0 Å². The first kappa shape index (κ1) is 13.1. The zero-order valence-corrected chi connectivity index (χ0v) is 11.7. The van der Waals surface area contributed by atoms with Gasteiger partial charge in [-0.05, 0) is 18.9 Å². The highest BCUT2D eigenvalue weighted by atomic mass is 15.2. The van der Waals surface area contributed by atoms with Gasteiger partial charge in [0.1, 0.15) is 5.82 Å². The van der Waals surface area contributed by atoms with E-state index in [1.165, 1.54) is 5.56 Å². The Kier molecular flexibility index (Phi) is 3.92. The molecule has 0 spiro atoms. The fraction of sp³-hybridized carbons (Fsp3) is 0.375. The number of benzene rings is 1. The van der Waals surface area contributed by atoms with Crippen LogP contribution in [0.2, 0.25) is 0 Å². The highest BCUT2D eigenvalue weighted by molar-refractivity contribution is 5.32. The second kappa shape index (κ2) is 6.01. The Morgan fingerprint density at radius 1 is 1.25 bits per heavy atom. The van der Waals surface area contributed by atoms with E-state index in [1.807, 2.05) is 0 Å². The van der Waals surface area contributed by atoms with E-state index in [4.69, 9.17) is 0 Å². The number of anilines is 1. The van der Waals surface area contributed by atoms with Crippen LogP contribution in [0, 0.1) is 0 Å². The molecule has 0 radical (unpaired) electrons. The first-order chi connectivity index (χ1) is 9.83. The highest BCUT2D eigenvalue weighted by Crippen LogP contribution is 2.22. The maximum absolute atomic E-state index is 4.29. The maximum atomic E-state index is 4.29. The molecule has 104 valence electrons. The zero-order chi connectivity index (χ0) is 13.8. The number of nitrogens with zero attached hydrogens (tertiary/aromatic N) is 3. The van der Waals surface area contributed by atoms with Crippen LogP contribution < -0.4 is 5.32 Å². The van der Waals surface area contributed by atoms with Gasteiger partial charge in [0.25, 0.3) is 0 Å². The maximum Gasteiger partial charge on any atom is 0.144 e. The van der Waals surface area contributed by atoms with E-state index < -0.39 is 0 Å². The molecule has 1 N–H and O–H groups in total. The molecule has 0 aliphatic carbocycles. The van der Waals surface area contributed by atoms with E-state index in [1.54, 1.807) is 18.6 Å². The lowest BCUT2D eigenvalue weighted by atomic mass is 10.1. The van der Waals surface area contributed by atoms with Gasteiger partial charge in [-0.15, -0.1) is 0 Å². The number of nitrogens with one attached hydrogen (secondary N) is 1. The summed E-state index contributed by atoms with van der Waals surface area (Å²) in [6.07, 6.45) is 6.35. The first-order valence-electron chi connectivity index (χ1n) is 7.13. The van der Waals surface area contributed by atoms with Crippen molar-refractivity contribution in [1.82, 2.24) is 14.9 Å². The molecule has 4 heteroatoms. The minimum absolute atomic E-state index is 0.440. The molecular weight excluding hydrogens is 248 g/mol. The number of likely N-dealkylation sites (tertiary alicyclic amines) is 1. The van der Waals surface area contributed by atoms with Crippen LogP contribution in [0.1, 0.15) is 18.9 Å². The van der Waals surface area contributed by atoms with Crippen molar-refractivity contribution in [3.63, 3.8) is 0 Å². The molecule has 0 amide bonds. The Bertz CT molecular complexity index is 479. The molecule has 4 nitrogen and oxygen atoms in total. The minimum Gasteiger partial charge on any atom is -0.364 e. The lowest BCUT2D eigenvalue weighted by molar-refractivity contribution is 0.255. The largest absolute Gasteiger partial charge is 0.364 e. The summed E-state index contributed by atoms with van der Waals surface area (Å²) in [4.78, 5) is 10.9. The number of hydrogen-bond acceptors (Lipinski definition) is 4. The van der Waals surface area contributed by atoms with Gasteiger partial charge in [-0.2, -0.15) is 0 Å². The van der Waals surface area contributed by atoms with Crippen LogP contribution in [0.15, 0.2) is 48.9 Å². The summed E-state index contributed by atoms with van der Waals surface area (Å²) in [7, 11) is 0. The normalized spacial score (nSPS) is 22.9. The monoisotopic (exact) mass is 268 g/mol. The van der Waals surface area contributed by atoms with Crippen LogP contribution in [0.5, 0.6) is 0 Å². The Morgan fingerprint density at radius 3 is 2.85 bits per heavy atom. The topological polar surface area (TPSA) is 41.1 Å². The van der Waals surface area contributed by atoms with Crippen LogP contribution >= 0.6 is 0 Å². The summed E-state index contributed by atoms with van der Waals surface area (Å²) < 4.78 is 0. The number of hydrogen-bond donors (Lipinski definition) is 1. The standard InChI is InChI=1S/C16H20N4/c1-13-15(19-16-11-17-8-9-18-16)7-10-20(13)12-14-5-3-2-4-6-14/h2-6,8-9,11,13,15H,7,10,12H2,1H3,(H,18,19). The van der Waals surface area contributed by atoms with Gasteiger partial charge in [0.15, 0.2) is 0 Å². The summed E-state index contributed by atoms with van der Waals surface area (Å²) >= 11 is 0. The molecule has 2 aromatic rings. The number of rotatable bonds is 4.